The predicted molar refractivity (Wildman–Crippen MR) is 91.1 cm³/mol. The number of hydrogen-bond acceptors (Lipinski definition) is 6. The lowest BCUT2D eigenvalue weighted by Crippen LogP contribution is -2.16. The van der Waals surface area contributed by atoms with E-state index in [1.54, 1.807) is 46.2 Å². The Bertz CT molecular complexity index is 844. The lowest BCUT2D eigenvalue weighted by atomic mass is 10.1. The van der Waals surface area contributed by atoms with Crippen molar-refractivity contribution in [2.45, 2.75) is 12.2 Å². The first-order valence-electron chi connectivity index (χ1n) is 7.04. The van der Waals surface area contributed by atoms with Crippen molar-refractivity contribution >= 4 is 34.8 Å². The Morgan fingerprint density at radius 2 is 2.17 bits per heavy atom. The van der Waals surface area contributed by atoms with Crippen molar-refractivity contribution in [3.63, 3.8) is 0 Å². The lowest BCUT2D eigenvalue weighted by Gasteiger charge is -2.13. The van der Waals surface area contributed by atoms with E-state index in [2.05, 4.69) is 37.2 Å². The van der Waals surface area contributed by atoms with E-state index < -0.39 is 0 Å². The van der Waals surface area contributed by atoms with Crippen LogP contribution in [0.2, 0.25) is 0 Å². The molecule has 0 fully saturated rings. The van der Waals surface area contributed by atoms with Gasteiger partial charge in [-0.05, 0) is 35.4 Å². The molecule has 1 aliphatic heterocycles. The molecule has 1 atom stereocenters. The Labute approximate surface area is 141 Å². The molecule has 8 heteroatoms. The van der Waals surface area contributed by atoms with Crippen molar-refractivity contribution in [3.05, 3.63) is 52.1 Å². The maximum absolute atomic E-state index is 12.1. The van der Waals surface area contributed by atoms with E-state index >= 15 is 0 Å². The molecule has 6 nitrogen and oxygen atoms in total. The van der Waals surface area contributed by atoms with Crippen molar-refractivity contribution in [1.82, 2.24) is 19.7 Å². The van der Waals surface area contributed by atoms with Crippen LogP contribution in [0.4, 0.5) is 5.82 Å². The van der Waals surface area contributed by atoms with Crippen molar-refractivity contribution in [3.8, 4) is 5.95 Å². The molecule has 4 heterocycles. The normalized spacial score (nSPS) is 17.4. The Balaban J connectivity index is 1.91. The average molecular weight is 343 g/mol. The molecule has 1 aliphatic rings. The van der Waals surface area contributed by atoms with Crippen LogP contribution >= 0.6 is 23.1 Å². The van der Waals surface area contributed by atoms with Gasteiger partial charge in [0.2, 0.25) is 5.91 Å². The zero-order valence-corrected chi connectivity index (χ0v) is 13.9. The third-order valence-corrected chi connectivity index (χ3v) is 5.57. The van der Waals surface area contributed by atoms with Crippen LogP contribution in [0.1, 0.15) is 22.1 Å². The molecular formula is C15H13N5OS2. The number of fused-ring (bicyclic) bond motifs is 1. The molecule has 0 bridgehead atoms. The largest absolute Gasteiger partial charge is 0.309 e. The van der Waals surface area contributed by atoms with Crippen LogP contribution in [0.5, 0.6) is 0 Å². The summed E-state index contributed by atoms with van der Waals surface area (Å²) in [6.07, 6.45) is 3.32. The third-order valence-electron chi connectivity index (χ3n) is 3.60. The molecule has 0 saturated carbocycles. The summed E-state index contributed by atoms with van der Waals surface area (Å²) >= 11 is 3.27. The Morgan fingerprint density at radius 1 is 1.35 bits per heavy atom. The summed E-state index contributed by atoms with van der Waals surface area (Å²) in [7, 11) is 0. The van der Waals surface area contributed by atoms with Gasteiger partial charge in [0.25, 0.3) is 5.95 Å². The summed E-state index contributed by atoms with van der Waals surface area (Å²) in [6.45, 7) is 1.95. The molecule has 23 heavy (non-hydrogen) atoms. The summed E-state index contributed by atoms with van der Waals surface area (Å²) in [5, 5.41) is 11.8. The number of carbonyl (C=O) groups is 1. The van der Waals surface area contributed by atoms with Crippen molar-refractivity contribution in [1.29, 1.82) is 0 Å². The monoisotopic (exact) mass is 343 g/mol. The number of amides is 1. The molecular weight excluding hydrogens is 330 g/mol. The molecule has 1 N–H and O–H groups in total. The molecule has 116 valence electrons. The Morgan fingerprint density at radius 3 is 2.91 bits per heavy atom. The van der Waals surface area contributed by atoms with Gasteiger partial charge >= 0.3 is 0 Å². The number of nitrogens with zero attached hydrogens (tertiary/aromatic N) is 4. The number of hydrogen-bond donors (Lipinski definition) is 1. The molecule has 1 amide bonds. The van der Waals surface area contributed by atoms with Crippen LogP contribution < -0.4 is 5.32 Å². The van der Waals surface area contributed by atoms with E-state index in [1.807, 2.05) is 6.92 Å². The van der Waals surface area contributed by atoms with Crippen LogP contribution in [-0.4, -0.2) is 31.4 Å². The van der Waals surface area contributed by atoms with Crippen LogP contribution in [0.25, 0.3) is 5.95 Å². The molecule has 0 saturated heterocycles. The summed E-state index contributed by atoms with van der Waals surface area (Å²) in [5.74, 6) is 1.49. The van der Waals surface area contributed by atoms with E-state index in [4.69, 9.17) is 0 Å². The van der Waals surface area contributed by atoms with Crippen molar-refractivity contribution < 1.29 is 4.79 Å². The first-order chi connectivity index (χ1) is 11.2. The van der Waals surface area contributed by atoms with Crippen LogP contribution in [0.3, 0.4) is 0 Å². The molecule has 0 aliphatic carbocycles. The fourth-order valence-electron chi connectivity index (χ4n) is 2.62. The molecule has 3 aromatic rings. The zero-order valence-electron chi connectivity index (χ0n) is 12.3. The van der Waals surface area contributed by atoms with Gasteiger partial charge in [-0.2, -0.15) is 21.1 Å². The van der Waals surface area contributed by atoms with Gasteiger partial charge in [-0.1, -0.05) is 0 Å². The SMILES string of the molecule is Cc1nn(-c2ncccn2)c2c1C(c1ccsc1)SCC(=O)N2. The first-order valence-corrected chi connectivity index (χ1v) is 9.03. The number of thioether (sulfide) groups is 1. The second kappa shape index (κ2) is 5.78. The van der Waals surface area contributed by atoms with Gasteiger partial charge < -0.3 is 5.32 Å². The van der Waals surface area contributed by atoms with Gasteiger partial charge in [-0.15, -0.1) is 11.8 Å². The van der Waals surface area contributed by atoms with E-state index in [9.17, 15) is 4.79 Å². The fraction of sp³-hybridized carbons (Fsp3) is 0.200. The van der Waals surface area contributed by atoms with Gasteiger partial charge in [0, 0.05) is 18.0 Å². The number of aryl methyl sites for hydroxylation is 1. The molecule has 3 aromatic heterocycles. The third kappa shape index (κ3) is 2.53. The second-order valence-corrected chi connectivity index (χ2v) is 6.98. The van der Waals surface area contributed by atoms with Gasteiger partial charge in [0.15, 0.2) is 0 Å². The minimum Gasteiger partial charge on any atom is -0.309 e. The van der Waals surface area contributed by atoms with Crippen molar-refractivity contribution in [2.75, 3.05) is 11.1 Å². The highest BCUT2D eigenvalue weighted by molar-refractivity contribution is 8.00. The zero-order chi connectivity index (χ0) is 15.8. The molecule has 0 aromatic carbocycles. The van der Waals surface area contributed by atoms with Crippen molar-refractivity contribution in [2.24, 2.45) is 0 Å². The smallest absolute Gasteiger partial charge is 0.252 e. The van der Waals surface area contributed by atoms with Gasteiger partial charge in [-0.3, -0.25) is 4.79 Å². The highest BCUT2D eigenvalue weighted by Gasteiger charge is 2.31. The van der Waals surface area contributed by atoms with Crippen LogP contribution in [0.15, 0.2) is 35.3 Å². The minimum atomic E-state index is -0.0361. The number of aromatic nitrogens is 4. The predicted octanol–water partition coefficient (Wildman–Crippen LogP) is 2.81. The maximum atomic E-state index is 12.1. The average Bonchev–Trinajstić information content (AvgIpc) is 3.15. The standard InChI is InChI=1S/C15H13N5OS2/c1-9-12-13(10-3-6-22-7-10)23-8-11(21)18-14(12)20(19-9)15-16-4-2-5-17-15/h2-7,13H,8H2,1H3,(H,18,21). The fourth-order valence-corrected chi connectivity index (χ4v) is 4.57. The summed E-state index contributed by atoms with van der Waals surface area (Å²) in [4.78, 5) is 20.6. The topological polar surface area (TPSA) is 72.7 Å². The van der Waals surface area contributed by atoms with E-state index in [1.165, 1.54) is 5.56 Å². The minimum absolute atomic E-state index is 0.0361. The second-order valence-electron chi connectivity index (χ2n) is 5.10. The van der Waals surface area contributed by atoms with E-state index in [-0.39, 0.29) is 11.2 Å². The Hall–Kier alpha value is -2.19. The van der Waals surface area contributed by atoms with Gasteiger partial charge in [-0.25, -0.2) is 9.97 Å². The summed E-state index contributed by atoms with van der Waals surface area (Å²) < 4.78 is 1.62. The van der Waals surface area contributed by atoms with Crippen LogP contribution in [0, 0.1) is 6.92 Å². The van der Waals surface area contributed by atoms with Crippen LogP contribution in [-0.2, 0) is 4.79 Å². The lowest BCUT2D eigenvalue weighted by molar-refractivity contribution is -0.113. The number of anilines is 1. The molecule has 0 spiro atoms. The van der Waals surface area contributed by atoms with E-state index in [0.29, 0.717) is 17.5 Å². The number of nitrogens with one attached hydrogen (secondary N) is 1. The number of carbonyl (C=O) groups excluding carboxylic acids is 1. The number of thiophene rings is 1. The summed E-state index contributed by atoms with van der Waals surface area (Å²) in [5.41, 5.74) is 3.08. The molecule has 1 unspecified atom stereocenters. The molecule has 4 rings (SSSR count). The first kappa shape index (κ1) is 14.4. The Kier molecular flexibility index (Phi) is 3.62. The maximum Gasteiger partial charge on any atom is 0.252 e. The highest BCUT2D eigenvalue weighted by Crippen LogP contribution is 2.44. The highest BCUT2D eigenvalue weighted by atomic mass is 32.2. The van der Waals surface area contributed by atoms with Gasteiger partial charge in [0.1, 0.15) is 5.82 Å². The number of rotatable bonds is 2. The summed E-state index contributed by atoms with van der Waals surface area (Å²) in [6, 6.07) is 3.85. The van der Waals surface area contributed by atoms with E-state index in [0.717, 1.165) is 11.3 Å². The molecule has 0 radical (unpaired) electrons. The van der Waals surface area contributed by atoms with Gasteiger partial charge in [0.05, 0.1) is 16.7 Å². The quantitative estimate of drug-likeness (QED) is 0.774.